The largest absolute Gasteiger partial charge is 0.515 e. The molecule has 0 aliphatic heterocycles. The highest BCUT2D eigenvalue weighted by Crippen LogP contribution is 2.21. The molecule has 2 N–H and O–H groups in total. The summed E-state index contributed by atoms with van der Waals surface area (Å²) in [4.78, 5) is 40.1. The van der Waals surface area contributed by atoms with E-state index in [1.165, 1.54) is 36.4 Å². The van der Waals surface area contributed by atoms with Crippen LogP contribution in [0.15, 0.2) is 47.5 Å². The van der Waals surface area contributed by atoms with Gasteiger partial charge in [-0.1, -0.05) is 6.42 Å². The van der Waals surface area contributed by atoms with Gasteiger partial charge in [0, 0.05) is 31.0 Å². The SMILES string of the molecule is CCOCCNC(=O)c1ccc(S(=O)(=O)NC(=O)c2ccc(OC(=O)OC3CCCCC3)nc2)cc1. The third-order valence-electron chi connectivity index (χ3n) is 5.39. The van der Waals surface area contributed by atoms with Crippen molar-refractivity contribution in [3.05, 3.63) is 53.7 Å². The summed E-state index contributed by atoms with van der Waals surface area (Å²) in [5, 5.41) is 2.65. The number of carbonyl (C=O) groups is 3. The van der Waals surface area contributed by atoms with E-state index in [0.717, 1.165) is 38.3 Å². The number of hydrogen-bond acceptors (Lipinski definition) is 9. The van der Waals surface area contributed by atoms with Gasteiger partial charge in [0.2, 0.25) is 5.88 Å². The van der Waals surface area contributed by atoms with Crippen LogP contribution in [0.4, 0.5) is 4.79 Å². The van der Waals surface area contributed by atoms with Crippen LogP contribution < -0.4 is 14.8 Å². The van der Waals surface area contributed by atoms with Crippen LogP contribution in [-0.4, -0.2) is 57.2 Å². The Labute approximate surface area is 209 Å². The van der Waals surface area contributed by atoms with Crippen LogP contribution in [0, 0.1) is 0 Å². The second kappa shape index (κ2) is 13.0. The number of aromatic nitrogens is 1. The fourth-order valence-corrected chi connectivity index (χ4v) is 4.49. The number of nitrogens with one attached hydrogen (secondary N) is 2. The number of ether oxygens (including phenoxy) is 3. The van der Waals surface area contributed by atoms with Gasteiger partial charge in [-0.15, -0.1) is 0 Å². The first-order chi connectivity index (χ1) is 17.3. The van der Waals surface area contributed by atoms with E-state index in [4.69, 9.17) is 14.2 Å². The van der Waals surface area contributed by atoms with E-state index >= 15 is 0 Å². The van der Waals surface area contributed by atoms with Gasteiger partial charge in [-0.05, 0) is 62.9 Å². The average Bonchev–Trinajstić information content (AvgIpc) is 2.87. The molecule has 1 fully saturated rings. The molecule has 0 atom stereocenters. The second-order valence-electron chi connectivity index (χ2n) is 8.03. The first-order valence-corrected chi connectivity index (χ1v) is 13.1. The fourth-order valence-electron chi connectivity index (χ4n) is 3.51. The van der Waals surface area contributed by atoms with Crippen molar-refractivity contribution in [1.29, 1.82) is 0 Å². The quantitative estimate of drug-likeness (QED) is 0.357. The predicted octanol–water partition coefficient (Wildman–Crippen LogP) is 2.81. The van der Waals surface area contributed by atoms with E-state index in [1.54, 1.807) is 0 Å². The van der Waals surface area contributed by atoms with E-state index in [2.05, 4.69) is 10.3 Å². The minimum absolute atomic E-state index is 0.0585. The molecule has 1 heterocycles. The molecule has 1 aliphatic rings. The number of hydrogen-bond donors (Lipinski definition) is 2. The Balaban J connectivity index is 1.53. The number of amides is 2. The molecule has 0 unspecified atom stereocenters. The van der Waals surface area contributed by atoms with Gasteiger partial charge in [0.25, 0.3) is 21.8 Å². The molecule has 11 nitrogen and oxygen atoms in total. The van der Waals surface area contributed by atoms with Crippen molar-refractivity contribution in [2.45, 2.75) is 50.0 Å². The lowest BCUT2D eigenvalue weighted by Crippen LogP contribution is -2.31. The highest BCUT2D eigenvalue weighted by Gasteiger charge is 2.21. The Morgan fingerprint density at radius 1 is 0.972 bits per heavy atom. The zero-order valence-electron chi connectivity index (χ0n) is 19.9. The Morgan fingerprint density at radius 3 is 2.31 bits per heavy atom. The lowest BCUT2D eigenvalue weighted by atomic mass is 9.98. The molecule has 12 heteroatoms. The zero-order valence-corrected chi connectivity index (χ0v) is 20.7. The molecule has 1 aromatic heterocycles. The summed E-state index contributed by atoms with van der Waals surface area (Å²) in [5.41, 5.74) is 0.204. The minimum atomic E-state index is -4.20. The van der Waals surface area contributed by atoms with E-state index in [1.807, 2.05) is 11.6 Å². The summed E-state index contributed by atoms with van der Waals surface area (Å²) in [5.74, 6) is -1.37. The third kappa shape index (κ3) is 8.02. The number of rotatable bonds is 10. The molecule has 0 radical (unpaired) electrons. The molecule has 1 saturated carbocycles. The minimum Gasteiger partial charge on any atom is -0.431 e. The summed E-state index contributed by atoms with van der Waals surface area (Å²) in [6, 6.07) is 7.67. The highest BCUT2D eigenvalue weighted by atomic mass is 32.2. The topological polar surface area (TPSA) is 150 Å². The van der Waals surface area contributed by atoms with Gasteiger partial charge in [0.05, 0.1) is 17.1 Å². The number of nitrogens with zero attached hydrogens (tertiary/aromatic N) is 1. The Hall–Kier alpha value is -3.51. The molecule has 0 spiro atoms. The van der Waals surface area contributed by atoms with Crippen molar-refractivity contribution in [3.8, 4) is 5.88 Å². The summed E-state index contributed by atoms with van der Waals surface area (Å²) in [6.07, 6.45) is 4.73. The van der Waals surface area contributed by atoms with Crippen LogP contribution in [0.25, 0.3) is 0 Å². The number of pyridine rings is 1. The van der Waals surface area contributed by atoms with Gasteiger partial charge in [0.1, 0.15) is 6.10 Å². The maximum Gasteiger partial charge on any atom is 0.515 e. The van der Waals surface area contributed by atoms with Gasteiger partial charge < -0.3 is 19.5 Å². The zero-order chi connectivity index (χ0) is 26.0. The van der Waals surface area contributed by atoms with Crippen molar-refractivity contribution in [2.24, 2.45) is 0 Å². The molecule has 0 bridgehead atoms. The number of sulfonamides is 1. The van der Waals surface area contributed by atoms with Gasteiger partial charge >= 0.3 is 6.16 Å². The summed E-state index contributed by atoms with van der Waals surface area (Å²) >= 11 is 0. The lowest BCUT2D eigenvalue weighted by Gasteiger charge is -2.20. The predicted molar refractivity (Wildman–Crippen MR) is 128 cm³/mol. The van der Waals surface area contributed by atoms with E-state index in [9.17, 15) is 22.8 Å². The van der Waals surface area contributed by atoms with Crippen molar-refractivity contribution in [1.82, 2.24) is 15.0 Å². The fraction of sp³-hybridized carbons (Fsp3) is 0.417. The summed E-state index contributed by atoms with van der Waals surface area (Å²) < 4.78 is 42.5. The first kappa shape index (κ1) is 27.1. The third-order valence-corrected chi connectivity index (χ3v) is 6.74. The highest BCUT2D eigenvalue weighted by molar-refractivity contribution is 7.90. The van der Waals surface area contributed by atoms with Crippen LogP contribution in [-0.2, 0) is 19.5 Å². The maximum atomic E-state index is 12.6. The number of carbonyl (C=O) groups excluding carboxylic acids is 3. The molecule has 0 saturated heterocycles. The molecule has 1 aliphatic carbocycles. The van der Waals surface area contributed by atoms with E-state index < -0.39 is 22.1 Å². The van der Waals surface area contributed by atoms with Crippen molar-refractivity contribution >= 4 is 28.0 Å². The van der Waals surface area contributed by atoms with E-state index in [-0.39, 0.29) is 33.9 Å². The molecular formula is C24H29N3O8S. The normalized spacial score (nSPS) is 14.0. The van der Waals surface area contributed by atoms with Crippen LogP contribution in [0.3, 0.4) is 0 Å². The molecule has 36 heavy (non-hydrogen) atoms. The van der Waals surface area contributed by atoms with Crippen LogP contribution in [0.1, 0.15) is 59.7 Å². The first-order valence-electron chi connectivity index (χ1n) is 11.7. The monoisotopic (exact) mass is 519 g/mol. The Bertz CT molecular complexity index is 1140. The molecule has 194 valence electrons. The second-order valence-corrected chi connectivity index (χ2v) is 9.71. The molecule has 3 rings (SSSR count). The molecular weight excluding hydrogens is 490 g/mol. The van der Waals surface area contributed by atoms with Crippen LogP contribution >= 0.6 is 0 Å². The smallest absolute Gasteiger partial charge is 0.431 e. The standard InChI is InChI=1S/C24H29N3O8S/c1-2-33-15-14-25-22(28)17-8-11-20(12-9-17)36(31,32)27-23(29)18-10-13-21(26-16-18)35-24(30)34-19-6-4-3-5-7-19/h8-13,16,19H,2-7,14-15H2,1H3,(H,25,28)(H,27,29). The van der Waals surface area contributed by atoms with Gasteiger partial charge in [-0.3, -0.25) is 9.59 Å². The van der Waals surface area contributed by atoms with Crippen LogP contribution in [0.5, 0.6) is 5.88 Å². The van der Waals surface area contributed by atoms with Crippen molar-refractivity contribution in [3.63, 3.8) is 0 Å². The molecule has 2 amide bonds. The molecule has 2 aromatic rings. The average molecular weight is 520 g/mol. The Morgan fingerprint density at radius 2 is 1.67 bits per heavy atom. The summed E-state index contributed by atoms with van der Waals surface area (Å²) in [7, 11) is -4.20. The van der Waals surface area contributed by atoms with Crippen LogP contribution in [0.2, 0.25) is 0 Å². The van der Waals surface area contributed by atoms with E-state index in [0.29, 0.717) is 19.8 Å². The van der Waals surface area contributed by atoms with Crippen molar-refractivity contribution in [2.75, 3.05) is 19.8 Å². The maximum absolute atomic E-state index is 12.6. The summed E-state index contributed by atoms with van der Waals surface area (Å²) in [6.45, 7) is 3.07. The number of benzene rings is 1. The lowest BCUT2D eigenvalue weighted by molar-refractivity contribution is 0.0407. The van der Waals surface area contributed by atoms with Gasteiger partial charge in [-0.25, -0.2) is 22.9 Å². The van der Waals surface area contributed by atoms with Crippen molar-refractivity contribution < 1.29 is 37.0 Å². The Kier molecular flexibility index (Phi) is 9.77. The van der Waals surface area contributed by atoms with Gasteiger partial charge in [-0.2, -0.15) is 0 Å². The van der Waals surface area contributed by atoms with Gasteiger partial charge in [0.15, 0.2) is 0 Å². The molecule has 1 aromatic carbocycles.